The normalized spacial score (nSPS) is 10.3. The summed E-state index contributed by atoms with van der Waals surface area (Å²) in [6.45, 7) is 0. The Morgan fingerprint density at radius 2 is 2.20 bits per heavy atom. The van der Waals surface area contributed by atoms with E-state index in [-0.39, 0.29) is 5.97 Å². The molecule has 0 aliphatic carbocycles. The van der Waals surface area contributed by atoms with Crippen molar-refractivity contribution < 1.29 is 9.53 Å². The highest BCUT2D eigenvalue weighted by molar-refractivity contribution is 9.10. The van der Waals surface area contributed by atoms with Crippen molar-refractivity contribution in [2.75, 3.05) is 12.8 Å². The van der Waals surface area contributed by atoms with Gasteiger partial charge in [-0.3, -0.25) is 0 Å². The van der Waals surface area contributed by atoms with Crippen molar-refractivity contribution >= 4 is 39.5 Å². The summed E-state index contributed by atoms with van der Waals surface area (Å²) in [6.07, 6.45) is 1.75. The van der Waals surface area contributed by atoms with Crippen molar-refractivity contribution in [1.82, 2.24) is 4.98 Å². The highest BCUT2D eigenvalue weighted by Gasteiger charge is 2.08. The first-order valence-corrected chi connectivity index (χ1v) is 7.59. The third-order valence-corrected chi connectivity index (χ3v) is 4.40. The summed E-state index contributed by atoms with van der Waals surface area (Å²) in [5, 5.41) is 0. The van der Waals surface area contributed by atoms with Crippen LogP contribution in [0.2, 0.25) is 0 Å². The van der Waals surface area contributed by atoms with Crippen LogP contribution in [0, 0.1) is 0 Å². The molecule has 0 bridgehead atoms. The Bertz CT molecular complexity index is 617. The van der Waals surface area contributed by atoms with Gasteiger partial charge >= 0.3 is 5.97 Å². The number of carbonyl (C=O) groups is 1. The first kappa shape index (κ1) is 14.9. The van der Waals surface area contributed by atoms with Crippen LogP contribution in [0.5, 0.6) is 0 Å². The highest BCUT2D eigenvalue weighted by atomic mass is 79.9. The number of nitrogen functional groups attached to an aromatic ring is 1. The van der Waals surface area contributed by atoms with Crippen molar-refractivity contribution in [3.8, 4) is 0 Å². The van der Waals surface area contributed by atoms with Crippen molar-refractivity contribution in [3.63, 3.8) is 0 Å². The molecular formula is C14H13BrN2O2S. The van der Waals surface area contributed by atoms with Gasteiger partial charge in [0.2, 0.25) is 0 Å². The molecule has 1 aromatic heterocycles. The van der Waals surface area contributed by atoms with Crippen LogP contribution < -0.4 is 5.73 Å². The molecule has 6 heteroatoms. The van der Waals surface area contributed by atoms with Gasteiger partial charge in [-0.25, -0.2) is 9.78 Å². The molecule has 2 aromatic rings. The molecule has 0 fully saturated rings. The lowest BCUT2D eigenvalue weighted by atomic mass is 10.1. The monoisotopic (exact) mass is 352 g/mol. The average molecular weight is 353 g/mol. The summed E-state index contributed by atoms with van der Waals surface area (Å²) in [5.74, 6) is 0.943. The molecule has 4 nitrogen and oxygen atoms in total. The second kappa shape index (κ2) is 6.76. The van der Waals surface area contributed by atoms with E-state index in [0.717, 1.165) is 20.7 Å². The number of anilines is 1. The zero-order chi connectivity index (χ0) is 14.5. The Morgan fingerprint density at radius 1 is 1.40 bits per heavy atom. The Morgan fingerprint density at radius 3 is 2.80 bits per heavy atom. The Balaban J connectivity index is 2.06. The number of carbonyl (C=O) groups excluding carboxylic acids is 1. The maximum atomic E-state index is 11.4. The molecule has 1 heterocycles. The standard InChI is InChI=1S/C14H13BrN2O2S/c1-19-14(18)9-2-3-10(12(15)6-9)8-20-11-4-5-13(16)17-7-11/h2-7H,8H2,1H3,(H2,16,17). The van der Waals surface area contributed by atoms with E-state index < -0.39 is 0 Å². The fourth-order valence-electron chi connectivity index (χ4n) is 1.55. The van der Waals surface area contributed by atoms with E-state index in [2.05, 4.69) is 25.7 Å². The van der Waals surface area contributed by atoms with Crippen LogP contribution in [0.25, 0.3) is 0 Å². The zero-order valence-corrected chi connectivity index (χ0v) is 13.2. The number of pyridine rings is 1. The minimum atomic E-state index is -0.340. The fraction of sp³-hybridized carbons (Fsp3) is 0.143. The number of thioether (sulfide) groups is 1. The fourth-order valence-corrected chi connectivity index (χ4v) is 3.12. The average Bonchev–Trinajstić information content (AvgIpc) is 2.46. The zero-order valence-electron chi connectivity index (χ0n) is 10.8. The molecule has 0 aliphatic rings. The maximum Gasteiger partial charge on any atom is 0.337 e. The van der Waals surface area contributed by atoms with Gasteiger partial charge in [0.1, 0.15) is 5.82 Å². The van der Waals surface area contributed by atoms with Crippen LogP contribution in [0.1, 0.15) is 15.9 Å². The third kappa shape index (κ3) is 3.74. The number of esters is 1. The van der Waals surface area contributed by atoms with E-state index in [9.17, 15) is 4.79 Å². The number of rotatable bonds is 4. The van der Waals surface area contributed by atoms with Crippen LogP contribution >= 0.6 is 27.7 Å². The summed E-state index contributed by atoms with van der Waals surface area (Å²) < 4.78 is 5.57. The second-order valence-electron chi connectivity index (χ2n) is 4.01. The number of hydrogen-bond donors (Lipinski definition) is 1. The predicted octanol–water partition coefficient (Wildman–Crippen LogP) is 3.51. The van der Waals surface area contributed by atoms with Crippen LogP contribution in [-0.2, 0) is 10.5 Å². The van der Waals surface area contributed by atoms with E-state index in [4.69, 9.17) is 5.73 Å². The lowest BCUT2D eigenvalue weighted by molar-refractivity contribution is 0.0600. The van der Waals surface area contributed by atoms with Gasteiger partial charge in [0, 0.05) is 21.3 Å². The Labute approximate surface area is 129 Å². The largest absolute Gasteiger partial charge is 0.465 e. The number of benzene rings is 1. The van der Waals surface area contributed by atoms with Gasteiger partial charge in [0.05, 0.1) is 12.7 Å². The van der Waals surface area contributed by atoms with E-state index in [0.29, 0.717) is 11.4 Å². The number of aromatic nitrogens is 1. The van der Waals surface area contributed by atoms with Crippen LogP contribution in [0.4, 0.5) is 5.82 Å². The van der Waals surface area contributed by atoms with Gasteiger partial charge in [-0.05, 0) is 29.8 Å². The highest BCUT2D eigenvalue weighted by Crippen LogP contribution is 2.27. The number of halogens is 1. The third-order valence-electron chi connectivity index (χ3n) is 2.63. The molecule has 20 heavy (non-hydrogen) atoms. The van der Waals surface area contributed by atoms with E-state index >= 15 is 0 Å². The minimum absolute atomic E-state index is 0.340. The summed E-state index contributed by atoms with van der Waals surface area (Å²) in [6, 6.07) is 9.15. The summed E-state index contributed by atoms with van der Waals surface area (Å²) in [7, 11) is 1.37. The number of hydrogen-bond acceptors (Lipinski definition) is 5. The van der Waals surface area contributed by atoms with E-state index in [1.54, 1.807) is 36.2 Å². The lowest BCUT2D eigenvalue weighted by Crippen LogP contribution is -2.01. The van der Waals surface area contributed by atoms with Gasteiger partial charge in [-0.15, -0.1) is 11.8 Å². The first-order valence-electron chi connectivity index (χ1n) is 5.81. The quantitative estimate of drug-likeness (QED) is 0.673. The molecule has 104 valence electrons. The molecule has 0 saturated heterocycles. The van der Waals surface area contributed by atoms with Crippen molar-refractivity contribution in [2.24, 2.45) is 0 Å². The predicted molar refractivity (Wildman–Crippen MR) is 83.7 cm³/mol. The maximum absolute atomic E-state index is 11.4. The number of methoxy groups -OCH3 is 1. The molecule has 0 radical (unpaired) electrons. The molecule has 0 saturated carbocycles. The van der Waals surface area contributed by atoms with Crippen molar-refractivity contribution in [3.05, 3.63) is 52.1 Å². The van der Waals surface area contributed by atoms with Crippen LogP contribution in [0.3, 0.4) is 0 Å². The molecule has 0 aliphatic heterocycles. The minimum Gasteiger partial charge on any atom is -0.465 e. The molecule has 2 rings (SSSR count). The van der Waals surface area contributed by atoms with Gasteiger partial charge < -0.3 is 10.5 Å². The molecule has 0 unspecified atom stereocenters. The first-order chi connectivity index (χ1) is 9.60. The Hall–Kier alpha value is -1.53. The molecule has 2 N–H and O–H groups in total. The number of ether oxygens (including phenoxy) is 1. The van der Waals surface area contributed by atoms with Crippen LogP contribution in [0.15, 0.2) is 45.9 Å². The molecule has 0 atom stereocenters. The Kier molecular flexibility index (Phi) is 5.03. The number of nitrogens with zero attached hydrogens (tertiary/aromatic N) is 1. The summed E-state index contributed by atoms with van der Waals surface area (Å²) in [4.78, 5) is 16.5. The van der Waals surface area contributed by atoms with Gasteiger partial charge in [-0.2, -0.15) is 0 Å². The molecular weight excluding hydrogens is 340 g/mol. The van der Waals surface area contributed by atoms with Crippen LogP contribution in [-0.4, -0.2) is 18.1 Å². The SMILES string of the molecule is COC(=O)c1ccc(CSc2ccc(N)nc2)c(Br)c1. The summed E-state index contributed by atoms with van der Waals surface area (Å²) in [5.41, 5.74) is 7.17. The lowest BCUT2D eigenvalue weighted by Gasteiger charge is -2.06. The van der Waals surface area contributed by atoms with E-state index in [1.165, 1.54) is 7.11 Å². The topological polar surface area (TPSA) is 65.2 Å². The van der Waals surface area contributed by atoms with E-state index in [1.807, 2.05) is 12.1 Å². The smallest absolute Gasteiger partial charge is 0.337 e. The number of nitrogens with two attached hydrogens (primary N) is 1. The van der Waals surface area contributed by atoms with Crippen molar-refractivity contribution in [2.45, 2.75) is 10.6 Å². The molecule has 1 aromatic carbocycles. The molecule has 0 spiro atoms. The van der Waals surface area contributed by atoms with Gasteiger partial charge in [0.25, 0.3) is 0 Å². The van der Waals surface area contributed by atoms with Gasteiger partial charge in [0.15, 0.2) is 0 Å². The van der Waals surface area contributed by atoms with Crippen molar-refractivity contribution in [1.29, 1.82) is 0 Å². The molecule has 0 amide bonds. The van der Waals surface area contributed by atoms with Gasteiger partial charge in [-0.1, -0.05) is 22.0 Å². The summed E-state index contributed by atoms with van der Waals surface area (Å²) >= 11 is 5.13. The second-order valence-corrected chi connectivity index (χ2v) is 5.91.